The highest BCUT2D eigenvalue weighted by Gasteiger charge is 2.20. The summed E-state index contributed by atoms with van der Waals surface area (Å²) < 4.78 is 6.80. The molecule has 0 amide bonds. The molecule has 2 aromatic heterocycles. The molecule has 0 saturated carbocycles. The fraction of sp³-hybridized carbons (Fsp3) is 0.0909. The number of ether oxygens (including phenoxy) is 1. The molecule has 0 aromatic carbocycles. The minimum absolute atomic E-state index is 0.156. The summed E-state index contributed by atoms with van der Waals surface area (Å²) in [4.78, 5) is 16.3. The number of hydrogen-bond donors (Lipinski definition) is 0. The quantitative estimate of drug-likeness (QED) is 0.762. The molecule has 0 N–H and O–H groups in total. The molecule has 0 saturated heterocycles. The molecule has 6 heteroatoms. The molecule has 0 aliphatic heterocycles. The van der Waals surface area contributed by atoms with Gasteiger partial charge in [0, 0.05) is 6.20 Å². The van der Waals surface area contributed by atoms with Crippen LogP contribution >= 0.6 is 43.2 Å². The van der Waals surface area contributed by atoms with Crippen molar-refractivity contribution in [1.29, 1.82) is 0 Å². The lowest BCUT2D eigenvalue weighted by atomic mass is 10.1. The van der Waals surface area contributed by atoms with E-state index in [1.165, 1.54) is 18.4 Å². The van der Waals surface area contributed by atoms with Gasteiger partial charge in [0.2, 0.25) is 5.78 Å². The molecular formula is C11H7Br2NO2S. The molecule has 0 unspecified atom stereocenters. The predicted octanol–water partition coefficient (Wildman–Crippen LogP) is 3.91. The van der Waals surface area contributed by atoms with Crippen LogP contribution in [0.4, 0.5) is 0 Å². The predicted molar refractivity (Wildman–Crippen MR) is 73.9 cm³/mol. The summed E-state index contributed by atoms with van der Waals surface area (Å²) in [7, 11) is 1.52. The van der Waals surface area contributed by atoms with Crippen molar-refractivity contribution in [1.82, 2.24) is 4.98 Å². The van der Waals surface area contributed by atoms with Gasteiger partial charge >= 0.3 is 0 Å². The van der Waals surface area contributed by atoms with E-state index in [1.807, 2.05) is 0 Å². The zero-order chi connectivity index (χ0) is 12.4. The second-order valence-electron chi connectivity index (χ2n) is 3.12. The smallest absolute Gasteiger partial charge is 0.217 e. The number of pyridine rings is 1. The zero-order valence-electron chi connectivity index (χ0n) is 8.74. The van der Waals surface area contributed by atoms with Crippen LogP contribution in [-0.2, 0) is 0 Å². The van der Waals surface area contributed by atoms with E-state index in [1.54, 1.807) is 24.4 Å². The largest absolute Gasteiger partial charge is 0.494 e. The van der Waals surface area contributed by atoms with Gasteiger partial charge in [-0.05, 0) is 50.1 Å². The summed E-state index contributed by atoms with van der Waals surface area (Å²) in [5, 5.41) is 0. The second kappa shape index (κ2) is 5.29. The van der Waals surface area contributed by atoms with Crippen molar-refractivity contribution in [3.05, 3.63) is 43.2 Å². The fourth-order valence-corrected chi connectivity index (χ4v) is 4.14. The van der Waals surface area contributed by atoms with Crippen molar-refractivity contribution in [2.24, 2.45) is 0 Å². The molecule has 2 rings (SSSR count). The number of thiophene rings is 1. The normalized spacial score (nSPS) is 10.3. The van der Waals surface area contributed by atoms with Gasteiger partial charge in [-0.15, -0.1) is 11.3 Å². The SMILES string of the molecule is COc1cccnc1C(=O)c1cc(Br)sc1Br. The molecule has 0 aliphatic carbocycles. The van der Waals surface area contributed by atoms with Crippen LogP contribution in [-0.4, -0.2) is 17.9 Å². The highest BCUT2D eigenvalue weighted by atomic mass is 79.9. The maximum absolute atomic E-state index is 12.3. The summed E-state index contributed by atoms with van der Waals surface area (Å²) in [5.41, 5.74) is 0.903. The van der Waals surface area contributed by atoms with Crippen molar-refractivity contribution in [2.75, 3.05) is 7.11 Å². The van der Waals surface area contributed by atoms with Gasteiger partial charge in [0.05, 0.1) is 20.2 Å². The van der Waals surface area contributed by atoms with E-state index >= 15 is 0 Å². The number of hydrogen-bond acceptors (Lipinski definition) is 4. The first-order chi connectivity index (χ1) is 8.13. The molecule has 2 heterocycles. The first-order valence-corrected chi connectivity index (χ1v) is 7.02. The van der Waals surface area contributed by atoms with E-state index in [0.29, 0.717) is 17.0 Å². The van der Waals surface area contributed by atoms with Crippen LogP contribution < -0.4 is 4.74 Å². The average Bonchev–Trinajstić information content (AvgIpc) is 2.67. The van der Waals surface area contributed by atoms with Crippen molar-refractivity contribution in [3.8, 4) is 5.75 Å². The van der Waals surface area contributed by atoms with Crippen LogP contribution in [0.2, 0.25) is 0 Å². The summed E-state index contributed by atoms with van der Waals surface area (Å²) in [5.74, 6) is 0.322. The minimum Gasteiger partial charge on any atom is -0.494 e. The van der Waals surface area contributed by atoms with Crippen LogP contribution in [0, 0.1) is 0 Å². The molecule has 0 spiro atoms. The minimum atomic E-state index is -0.156. The van der Waals surface area contributed by atoms with Gasteiger partial charge in [0.25, 0.3) is 0 Å². The Labute approximate surface area is 119 Å². The van der Waals surface area contributed by atoms with Gasteiger partial charge in [0.15, 0.2) is 5.69 Å². The Morgan fingerprint density at radius 1 is 1.47 bits per heavy atom. The van der Waals surface area contributed by atoms with E-state index < -0.39 is 0 Å². The first kappa shape index (κ1) is 12.7. The lowest BCUT2D eigenvalue weighted by Gasteiger charge is -2.04. The standard InChI is InChI=1S/C11H7Br2NO2S/c1-16-7-3-2-4-14-9(7)10(15)6-5-8(12)17-11(6)13/h2-5H,1H3. The van der Waals surface area contributed by atoms with E-state index in [4.69, 9.17) is 4.74 Å². The van der Waals surface area contributed by atoms with Crippen LogP contribution in [0.15, 0.2) is 32.0 Å². The highest BCUT2D eigenvalue weighted by Crippen LogP contribution is 2.34. The van der Waals surface area contributed by atoms with Crippen molar-refractivity contribution < 1.29 is 9.53 Å². The maximum Gasteiger partial charge on any atom is 0.217 e. The number of carbonyl (C=O) groups excluding carboxylic acids is 1. The fourth-order valence-electron chi connectivity index (χ4n) is 1.35. The molecule has 0 fully saturated rings. The van der Waals surface area contributed by atoms with Gasteiger partial charge in [-0.1, -0.05) is 0 Å². The Morgan fingerprint density at radius 2 is 2.24 bits per heavy atom. The van der Waals surface area contributed by atoms with E-state index in [2.05, 4.69) is 36.8 Å². The zero-order valence-corrected chi connectivity index (χ0v) is 12.7. The summed E-state index contributed by atoms with van der Waals surface area (Å²) >= 11 is 8.15. The number of nitrogens with zero attached hydrogens (tertiary/aromatic N) is 1. The number of aromatic nitrogens is 1. The van der Waals surface area contributed by atoms with Gasteiger partial charge in [-0.2, -0.15) is 0 Å². The Bertz CT molecular complexity index is 568. The molecule has 2 aromatic rings. The Hall–Kier alpha value is -0.720. The molecule has 88 valence electrons. The first-order valence-electron chi connectivity index (χ1n) is 4.62. The Balaban J connectivity index is 2.47. The molecule has 17 heavy (non-hydrogen) atoms. The Morgan fingerprint density at radius 3 is 2.82 bits per heavy atom. The molecular weight excluding hydrogens is 370 g/mol. The molecule has 0 atom stereocenters. The summed E-state index contributed by atoms with van der Waals surface area (Å²) in [6, 6.07) is 5.22. The third-order valence-electron chi connectivity index (χ3n) is 2.11. The van der Waals surface area contributed by atoms with Gasteiger partial charge in [-0.25, -0.2) is 4.98 Å². The monoisotopic (exact) mass is 375 g/mol. The van der Waals surface area contributed by atoms with Gasteiger partial charge in [-0.3, -0.25) is 4.79 Å². The van der Waals surface area contributed by atoms with Gasteiger partial charge < -0.3 is 4.74 Å². The molecule has 0 aliphatic rings. The van der Waals surface area contributed by atoms with E-state index in [-0.39, 0.29) is 5.78 Å². The number of rotatable bonds is 3. The molecule has 3 nitrogen and oxygen atoms in total. The van der Waals surface area contributed by atoms with E-state index in [0.717, 1.165) is 7.57 Å². The van der Waals surface area contributed by atoms with E-state index in [9.17, 15) is 4.79 Å². The number of methoxy groups -OCH3 is 1. The molecule has 0 radical (unpaired) electrons. The molecule has 0 bridgehead atoms. The van der Waals surface area contributed by atoms with Crippen molar-refractivity contribution in [3.63, 3.8) is 0 Å². The summed E-state index contributed by atoms with van der Waals surface area (Å²) in [6.07, 6.45) is 1.57. The Kier molecular flexibility index (Phi) is 3.96. The summed E-state index contributed by atoms with van der Waals surface area (Å²) in [6.45, 7) is 0. The lowest BCUT2D eigenvalue weighted by Crippen LogP contribution is -2.05. The van der Waals surface area contributed by atoms with Gasteiger partial charge in [0.1, 0.15) is 5.75 Å². The number of halogens is 2. The van der Waals surface area contributed by atoms with Crippen LogP contribution in [0.5, 0.6) is 5.75 Å². The highest BCUT2D eigenvalue weighted by molar-refractivity contribution is 9.12. The van der Waals surface area contributed by atoms with Crippen molar-refractivity contribution in [2.45, 2.75) is 0 Å². The average molecular weight is 377 g/mol. The second-order valence-corrected chi connectivity index (χ2v) is 6.87. The maximum atomic E-state index is 12.3. The topological polar surface area (TPSA) is 39.2 Å². The lowest BCUT2D eigenvalue weighted by molar-refractivity contribution is 0.103. The van der Waals surface area contributed by atoms with Crippen molar-refractivity contribution >= 4 is 49.0 Å². The third-order valence-corrected chi connectivity index (χ3v) is 4.45. The third kappa shape index (κ3) is 2.59. The number of ketones is 1. The van der Waals surface area contributed by atoms with Crippen LogP contribution in [0.25, 0.3) is 0 Å². The van der Waals surface area contributed by atoms with Crippen LogP contribution in [0.3, 0.4) is 0 Å². The van der Waals surface area contributed by atoms with Crippen LogP contribution in [0.1, 0.15) is 16.1 Å². The number of carbonyl (C=O) groups is 1.